The Morgan fingerprint density at radius 2 is 1.97 bits per heavy atom. The van der Waals surface area contributed by atoms with Crippen LogP contribution in [0.5, 0.6) is 0 Å². The Kier molecular flexibility index (Phi) is 5.44. The second-order valence-corrected chi connectivity index (χ2v) is 11.3. The molecule has 32 heavy (non-hydrogen) atoms. The topological polar surface area (TPSA) is 94.5 Å². The minimum absolute atomic E-state index is 0.00698. The molecule has 2 N–H and O–H groups in total. The number of aliphatic hydroxyl groups excluding tert-OH is 2. The lowest BCUT2D eigenvalue weighted by atomic mass is 9.61. The summed E-state index contributed by atoms with van der Waals surface area (Å²) in [6.45, 7) is 11.0. The van der Waals surface area contributed by atoms with Gasteiger partial charge in [-0.25, -0.2) is 0 Å². The van der Waals surface area contributed by atoms with Crippen LogP contribution in [0.25, 0.3) is 0 Å². The lowest BCUT2D eigenvalue weighted by molar-refractivity contribution is -0.212. The molecule has 2 heterocycles. The summed E-state index contributed by atoms with van der Waals surface area (Å²) in [7, 11) is 0. The summed E-state index contributed by atoms with van der Waals surface area (Å²) in [5, 5.41) is 21.1. The molecule has 0 radical (unpaired) electrons. The van der Waals surface area contributed by atoms with Gasteiger partial charge in [0.1, 0.15) is 6.10 Å². The molecule has 1 saturated heterocycles. The van der Waals surface area contributed by atoms with Gasteiger partial charge in [-0.2, -0.15) is 0 Å². The first-order chi connectivity index (χ1) is 15.2. The Bertz CT molecular complexity index is 795. The van der Waals surface area contributed by atoms with Gasteiger partial charge in [0.2, 0.25) is 6.29 Å². The van der Waals surface area contributed by atoms with Gasteiger partial charge < -0.3 is 29.2 Å². The second-order valence-electron chi connectivity index (χ2n) is 11.3. The second kappa shape index (κ2) is 7.69. The van der Waals surface area contributed by atoms with Crippen molar-refractivity contribution in [3.8, 4) is 0 Å². The fourth-order valence-corrected chi connectivity index (χ4v) is 7.38. The number of rotatable bonds is 8. The average molecular weight is 451 g/mol. The number of hydrogen-bond donors (Lipinski definition) is 2. The highest BCUT2D eigenvalue weighted by Gasteiger charge is 2.81. The van der Waals surface area contributed by atoms with E-state index in [4.69, 9.17) is 18.9 Å². The molecule has 7 heteroatoms. The molecule has 5 aliphatic rings. The number of fused-ring (bicyclic) bond motifs is 3. The van der Waals surface area contributed by atoms with Crippen LogP contribution < -0.4 is 0 Å². The summed E-state index contributed by atoms with van der Waals surface area (Å²) in [6.07, 6.45) is 1.82. The van der Waals surface area contributed by atoms with Crippen LogP contribution in [0.15, 0.2) is 11.8 Å². The molecule has 3 bridgehead atoms. The summed E-state index contributed by atoms with van der Waals surface area (Å²) in [4.78, 5) is 13.3. The van der Waals surface area contributed by atoms with Gasteiger partial charge >= 0.3 is 5.97 Å². The maximum Gasteiger partial charge on any atom is 0.313 e. The summed E-state index contributed by atoms with van der Waals surface area (Å²) >= 11 is 0. The zero-order chi connectivity index (χ0) is 23.0. The predicted octanol–water partition coefficient (Wildman–Crippen LogP) is 2.64. The molecule has 5 rings (SSSR count). The Labute approximate surface area is 190 Å². The van der Waals surface area contributed by atoms with Crippen molar-refractivity contribution in [2.24, 2.45) is 40.4 Å². The van der Waals surface area contributed by atoms with Gasteiger partial charge in [0.15, 0.2) is 6.10 Å². The van der Waals surface area contributed by atoms with E-state index in [0.717, 1.165) is 18.4 Å². The van der Waals surface area contributed by atoms with Gasteiger partial charge in [-0.15, -0.1) is 0 Å². The third-order valence-electron chi connectivity index (χ3n) is 9.56. The van der Waals surface area contributed by atoms with Crippen LogP contribution >= 0.6 is 0 Å². The van der Waals surface area contributed by atoms with Crippen LogP contribution in [-0.2, 0) is 23.7 Å². The standard InChI is InChI=1S/C25H38O7/c1-6-12(2)9-29-19-16-8-25-15-7-18(27)21(25)24(16,5)23(28)32-20(19)17(25)11-31-22(15)30-10-13(3)14(4)26/h11-16,18-22,26-27H,6-10H2,1-5H3/t12?,13-,14-,15+,16-,18+,19?,20+,21-,22+,24+,25-/m0/s1. The average Bonchev–Trinajstić information content (AvgIpc) is 3.16. The number of carbonyl (C=O) groups is 1. The van der Waals surface area contributed by atoms with E-state index in [1.54, 1.807) is 13.2 Å². The zero-order valence-electron chi connectivity index (χ0n) is 19.8. The number of hydrogen-bond acceptors (Lipinski definition) is 7. The number of aliphatic hydroxyl groups is 2. The van der Waals surface area contributed by atoms with Crippen molar-refractivity contribution in [3.63, 3.8) is 0 Å². The van der Waals surface area contributed by atoms with Gasteiger partial charge in [0, 0.05) is 41.3 Å². The third-order valence-corrected chi connectivity index (χ3v) is 9.56. The van der Waals surface area contributed by atoms with E-state index in [2.05, 4.69) is 13.8 Å². The van der Waals surface area contributed by atoms with Crippen LogP contribution in [0.2, 0.25) is 0 Å². The molecule has 12 atom stereocenters. The number of esters is 1. The summed E-state index contributed by atoms with van der Waals surface area (Å²) in [5.74, 6) is -0.0863. The maximum absolute atomic E-state index is 13.3. The maximum atomic E-state index is 13.3. The summed E-state index contributed by atoms with van der Waals surface area (Å²) in [5.41, 5.74) is -0.189. The van der Waals surface area contributed by atoms with Crippen molar-refractivity contribution in [2.75, 3.05) is 13.2 Å². The number of ether oxygens (including phenoxy) is 4. The third kappa shape index (κ3) is 2.83. The lowest BCUT2D eigenvalue weighted by Gasteiger charge is -2.51. The molecule has 0 aromatic rings. The first kappa shape index (κ1) is 22.6. The van der Waals surface area contributed by atoms with Crippen molar-refractivity contribution in [1.29, 1.82) is 0 Å². The van der Waals surface area contributed by atoms with E-state index < -0.39 is 30.0 Å². The van der Waals surface area contributed by atoms with Crippen LogP contribution in [-0.4, -0.2) is 60.1 Å². The summed E-state index contributed by atoms with van der Waals surface area (Å²) in [6, 6.07) is 0. The number of carbonyl (C=O) groups excluding carboxylic acids is 1. The van der Waals surface area contributed by atoms with E-state index in [-0.39, 0.29) is 41.2 Å². The molecule has 3 aliphatic carbocycles. The van der Waals surface area contributed by atoms with E-state index in [1.807, 2.05) is 13.8 Å². The van der Waals surface area contributed by atoms with Gasteiger partial charge in [0.25, 0.3) is 0 Å². The van der Waals surface area contributed by atoms with Crippen LogP contribution in [0, 0.1) is 40.4 Å². The van der Waals surface area contributed by atoms with E-state index >= 15 is 0 Å². The SMILES string of the molecule is CCC(C)COC1[C@@H]2OC(=O)[C@]3(C)[C@H]1C[C@@]14C2=CO[C@@H](OC[C@H](C)[C@H](C)O)[C@H]1C[C@@H](O)[C@@H]34. The van der Waals surface area contributed by atoms with Crippen LogP contribution in [0.3, 0.4) is 0 Å². The molecule has 1 spiro atoms. The first-order valence-electron chi connectivity index (χ1n) is 12.3. The molecule has 4 fully saturated rings. The quantitative estimate of drug-likeness (QED) is 0.549. The fourth-order valence-electron chi connectivity index (χ4n) is 7.38. The molecular weight excluding hydrogens is 412 g/mol. The largest absolute Gasteiger partial charge is 0.472 e. The lowest BCUT2D eigenvalue weighted by Crippen LogP contribution is -2.58. The van der Waals surface area contributed by atoms with Crippen molar-refractivity contribution in [3.05, 3.63) is 11.8 Å². The highest BCUT2D eigenvalue weighted by Crippen LogP contribution is 2.77. The molecule has 2 unspecified atom stereocenters. The molecule has 0 aromatic heterocycles. The van der Waals surface area contributed by atoms with Gasteiger partial charge in [0.05, 0.1) is 30.5 Å². The molecule has 0 amide bonds. The molecular formula is C25H38O7. The van der Waals surface area contributed by atoms with Crippen LogP contribution in [0.1, 0.15) is 53.9 Å². The molecule has 180 valence electrons. The van der Waals surface area contributed by atoms with E-state index in [1.165, 1.54) is 0 Å². The Morgan fingerprint density at radius 1 is 1.22 bits per heavy atom. The molecule has 0 aromatic carbocycles. The van der Waals surface area contributed by atoms with Gasteiger partial charge in [-0.05, 0) is 32.6 Å². The summed E-state index contributed by atoms with van der Waals surface area (Å²) < 4.78 is 24.7. The van der Waals surface area contributed by atoms with Gasteiger partial charge in [-0.3, -0.25) is 4.79 Å². The van der Waals surface area contributed by atoms with Crippen molar-refractivity contribution < 1.29 is 34.0 Å². The highest BCUT2D eigenvalue weighted by atomic mass is 16.7. The fraction of sp³-hybridized carbons (Fsp3) is 0.880. The molecule has 2 aliphatic heterocycles. The van der Waals surface area contributed by atoms with Crippen molar-refractivity contribution in [2.45, 2.75) is 84.6 Å². The Morgan fingerprint density at radius 3 is 2.66 bits per heavy atom. The van der Waals surface area contributed by atoms with E-state index in [0.29, 0.717) is 25.6 Å². The van der Waals surface area contributed by atoms with Crippen molar-refractivity contribution in [1.82, 2.24) is 0 Å². The minimum Gasteiger partial charge on any atom is -0.472 e. The first-order valence-corrected chi connectivity index (χ1v) is 12.3. The zero-order valence-corrected chi connectivity index (χ0v) is 19.8. The Balaban J connectivity index is 1.50. The smallest absolute Gasteiger partial charge is 0.313 e. The molecule has 7 nitrogen and oxygen atoms in total. The predicted molar refractivity (Wildman–Crippen MR) is 115 cm³/mol. The Hall–Kier alpha value is -1.15. The monoisotopic (exact) mass is 450 g/mol. The van der Waals surface area contributed by atoms with Gasteiger partial charge in [-0.1, -0.05) is 27.2 Å². The van der Waals surface area contributed by atoms with Crippen LogP contribution in [0.4, 0.5) is 0 Å². The van der Waals surface area contributed by atoms with Crippen molar-refractivity contribution >= 4 is 5.97 Å². The highest BCUT2D eigenvalue weighted by molar-refractivity contribution is 5.81. The minimum atomic E-state index is -0.783. The molecule has 3 saturated carbocycles. The normalized spacial score (nSPS) is 48.5. The van der Waals surface area contributed by atoms with E-state index in [9.17, 15) is 15.0 Å².